The normalized spacial score (nSPS) is 12.7. The second-order valence-corrected chi connectivity index (χ2v) is 15.0. The van der Waals surface area contributed by atoms with Gasteiger partial charge in [0.1, 0.15) is 11.5 Å². The largest absolute Gasteiger partial charge is 0.497 e. The van der Waals surface area contributed by atoms with Crippen molar-refractivity contribution in [1.29, 1.82) is 0 Å². The molecule has 0 fully saturated rings. The number of fused-ring (bicyclic) bond motifs is 6. The van der Waals surface area contributed by atoms with Gasteiger partial charge in [0.25, 0.3) is 0 Å². The summed E-state index contributed by atoms with van der Waals surface area (Å²) in [6.45, 7) is 0. The Morgan fingerprint density at radius 1 is 0.456 bits per heavy atom. The monoisotopic (exact) mass is 738 g/mol. The predicted octanol–water partition coefficient (Wildman–Crippen LogP) is 13.2. The van der Waals surface area contributed by atoms with Crippen LogP contribution in [0.25, 0.3) is 44.1 Å². The minimum Gasteiger partial charge on any atom is -0.497 e. The van der Waals surface area contributed by atoms with E-state index < -0.39 is 5.41 Å². The molecule has 276 valence electrons. The lowest BCUT2D eigenvalue weighted by Crippen LogP contribution is -2.31. The Balaban J connectivity index is 1.22. The van der Waals surface area contributed by atoms with Crippen molar-refractivity contribution in [2.45, 2.75) is 18.3 Å². The highest BCUT2D eigenvalue weighted by atomic mass is 16.5. The second kappa shape index (κ2) is 14.2. The molecule has 0 unspecified atom stereocenters. The number of hydrogen-bond donors (Lipinski definition) is 1. The van der Waals surface area contributed by atoms with Gasteiger partial charge in [0.2, 0.25) is 0 Å². The summed E-state index contributed by atoms with van der Waals surface area (Å²) in [5.74, 6) is 1.71. The number of ether oxygens (including phenoxy) is 2. The molecule has 9 aromatic rings. The number of nitrogens with zero attached hydrogens (tertiary/aromatic N) is 1. The van der Waals surface area contributed by atoms with Crippen LogP contribution in [-0.4, -0.2) is 19.2 Å². The fraction of sp³-hybridized carbons (Fsp3) is 0.0943. The number of para-hydroxylation sites is 4. The van der Waals surface area contributed by atoms with Gasteiger partial charge in [-0.05, 0) is 125 Å². The molecular weight excluding hydrogens is 697 g/mol. The van der Waals surface area contributed by atoms with Gasteiger partial charge in [0.15, 0.2) is 0 Å². The lowest BCUT2D eigenvalue weighted by Gasteiger charge is -2.34. The molecule has 0 atom stereocenters. The van der Waals surface area contributed by atoms with Crippen LogP contribution in [0, 0.1) is 0 Å². The van der Waals surface area contributed by atoms with E-state index in [1.165, 1.54) is 55.3 Å². The summed E-state index contributed by atoms with van der Waals surface area (Å²) in [5.41, 5.74) is 15.3. The van der Waals surface area contributed by atoms with E-state index in [4.69, 9.17) is 9.47 Å². The summed E-state index contributed by atoms with van der Waals surface area (Å²) in [6, 6.07) is 68.1. The molecule has 0 saturated carbocycles. The molecule has 10 rings (SSSR count). The minimum absolute atomic E-state index is 0.423. The topological polar surface area (TPSA) is 37.5 Å². The number of methoxy groups -OCH3 is 2. The van der Waals surface area contributed by atoms with Crippen LogP contribution in [0.1, 0.15) is 22.3 Å². The lowest BCUT2D eigenvalue weighted by atomic mass is 9.69. The highest BCUT2D eigenvalue weighted by Gasteiger charge is 2.44. The van der Waals surface area contributed by atoms with E-state index in [2.05, 4.69) is 198 Å². The Kier molecular flexibility index (Phi) is 8.60. The first kappa shape index (κ1) is 34.5. The van der Waals surface area contributed by atoms with Gasteiger partial charge in [0, 0.05) is 44.3 Å². The first-order valence-electron chi connectivity index (χ1n) is 19.6. The molecule has 0 aliphatic heterocycles. The fourth-order valence-electron chi connectivity index (χ4n) is 9.13. The maximum atomic E-state index is 5.62. The highest BCUT2D eigenvalue weighted by molar-refractivity contribution is 6.12. The third kappa shape index (κ3) is 6.02. The van der Waals surface area contributed by atoms with E-state index in [1.54, 1.807) is 14.2 Å². The molecule has 1 aliphatic carbocycles. The number of hydrogen-bond acceptors (Lipinski definition) is 3. The van der Waals surface area contributed by atoms with Crippen LogP contribution >= 0.6 is 0 Å². The molecule has 0 amide bonds. The van der Waals surface area contributed by atoms with E-state index >= 15 is 0 Å². The summed E-state index contributed by atoms with van der Waals surface area (Å²) in [5, 5.41) is 2.48. The van der Waals surface area contributed by atoms with E-state index in [9.17, 15) is 0 Å². The molecule has 57 heavy (non-hydrogen) atoms. The number of aromatic nitrogens is 1. The Hall–Kier alpha value is -7.04. The van der Waals surface area contributed by atoms with Gasteiger partial charge >= 0.3 is 0 Å². The molecule has 4 heteroatoms. The molecular formula is C53H42N2O2. The average molecular weight is 739 g/mol. The third-order valence-corrected chi connectivity index (χ3v) is 11.8. The zero-order chi connectivity index (χ0) is 38.3. The lowest BCUT2D eigenvalue weighted by molar-refractivity contribution is 0.414. The number of nitrogens with one attached hydrogen (secondary N) is 1. The van der Waals surface area contributed by atoms with Gasteiger partial charge in [-0.15, -0.1) is 0 Å². The third-order valence-electron chi connectivity index (χ3n) is 11.8. The van der Waals surface area contributed by atoms with E-state index in [1.807, 2.05) is 0 Å². The van der Waals surface area contributed by atoms with Crippen molar-refractivity contribution in [3.63, 3.8) is 0 Å². The van der Waals surface area contributed by atoms with Crippen molar-refractivity contribution in [3.05, 3.63) is 210 Å². The zero-order valence-electron chi connectivity index (χ0n) is 32.1. The smallest absolute Gasteiger partial charge is 0.118 e. The summed E-state index contributed by atoms with van der Waals surface area (Å²) in [4.78, 5) is 6.15. The first-order valence-corrected chi connectivity index (χ1v) is 19.6. The Morgan fingerprint density at radius 3 is 1.61 bits per heavy atom. The molecule has 1 aliphatic rings. The van der Waals surface area contributed by atoms with Crippen LogP contribution in [0.3, 0.4) is 0 Å². The predicted molar refractivity (Wildman–Crippen MR) is 236 cm³/mol. The van der Waals surface area contributed by atoms with Crippen LogP contribution in [-0.2, 0) is 18.3 Å². The van der Waals surface area contributed by atoms with Gasteiger partial charge in [-0.25, -0.2) is 0 Å². The van der Waals surface area contributed by atoms with Crippen LogP contribution in [0.2, 0.25) is 0 Å². The van der Waals surface area contributed by atoms with Gasteiger partial charge in [-0.3, -0.25) is 0 Å². The summed E-state index contributed by atoms with van der Waals surface area (Å²) < 4.78 is 11.2. The number of H-pyrrole nitrogens is 1. The van der Waals surface area contributed by atoms with Crippen LogP contribution < -0.4 is 14.4 Å². The van der Waals surface area contributed by atoms with Crippen LogP contribution in [0.4, 0.5) is 17.1 Å². The van der Waals surface area contributed by atoms with E-state index in [-0.39, 0.29) is 0 Å². The van der Waals surface area contributed by atoms with E-state index in [0.29, 0.717) is 0 Å². The van der Waals surface area contributed by atoms with Crippen LogP contribution in [0.5, 0.6) is 11.5 Å². The minimum atomic E-state index is -0.423. The number of rotatable bonds is 10. The van der Waals surface area contributed by atoms with Crippen molar-refractivity contribution >= 4 is 38.9 Å². The standard InChI is InChI=1S/C53H42N2O2/c1-56-42-26-20-36(21-27-42)34-53(35-37-22-28-43(57-2)29-23-37)49-32-38(44-17-11-18-48-47-16-9-10-19-51(47)54-52(44)48)24-30-45(49)46-31-25-41(33-50(46)53)55(39-12-5-3-6-13-39)40-14-7-4-8-15-40/h3-33,54H,34-35H2,1-2H3. The van der Waals surface area contributed by atoms with Crippen molar-refractivity contribution in [3.8, 4) is 33.8 Å². The number of benzene rings is 8. The zero-order valence-corrected chi connectivity index (χ0v) is 32.1. The molecule has 1 heterocycles. The molecule has 1 aromatic heterocycles. The van der Waals surface area contributed by atoms with Gasteiger partial charge in [-0.1, -0.05) is 115 Å². The van der Waals surface area contributed by atoms with Crippen molar-refractivity contribution in [2.75, 3.05) is 19.1 Å². The van der Waals surface area contributed by atoms with Crippen molar-refractivity contribution in [2.24, 2.45) is 0 Å². The van der Waals surface area contributed by atoms with Crippen molar-refractivity contribution < 1.29 is 9.47 Å². The number of aromatic amines is 1. The highest BCUT2D eigenvalue weighted by Crippen LogP contribution is 2.55. The van der Waals surface area contributed by atoms with Gasteiger partial charge in [-0.2, -0.15) is 0 Å². The Morgan fingerprint density at radius 2 is 1.00 bits per heavy atom. The van der Waals surface area contributed by atoms with Crippen molar-refractivity contribution in [1.82, 2.24) is 4.98 Å². The second-order valence-electron chi connectivity index (χ2n) is 15.0. The molecule has 0 radical (unpaired) electrons. The van der Waals surface area contributed by atoms with E-state index in [0.717, 1.165) is 52.4 Å². The molecule has 1 N–H and O–H groups in total. The number of anilines is 3. The maximum Gasteiger partial charge on any atom is 0.118 e. The first-order chi connectivity index (χ1) is 28.1. The summed E-state index contributed by atoms with van der Waals surface area (Å²) in [7, 11) is 3.46. The SMILES string of the molecule is COc1ccc(CC2(Cc3ccc(OC)cc3)c3cc(-c4cccc5c4[nH]c4ccccc45)ccc3-c3ccc(N(c4ccccc4)c4ccccc4)cc32)cc1. The fourth-order valence-corrected chi connectivity index (χ4v) is 9.13. The molecule has 0 spiro atoms. The van der Waals surface area contributed by atoms with Crippen LogP contribution in [0.15, 0.2) is 188 Å². The Labute approximate surface area is 333 Å². The average Bonchev–Trinajstić information content (AvgIpc) is 3.78. The summed E-state index contributed by atoms with van der Waals surface area (Å²) in [6.07, 6.45) is 1.59. The molecule has 0 saturated heterocycles. The maximum absolute atomic E-state index is 5.62. The molecule has 0 bridgehead atoms. The quantitative estimate of drug-likeness (QED) is 0.152. The Bertz CT molecular complexity index is 2770. The summed E-state index contributed by atoms with van der Waals surface area (Å²) >= 11 is 0. The molecule has 4 nitrogen and oxygen atoms in total. The van der Waals surface area contributed by atoms with Gasteiger partial charge in [0.05, 0.1) is 19.7 Å². The van der Waals surface area contributed by atoms with Gasteiger partial charge < -0.3 is 19.4 Å². The molecule has 8 aromatic carbocycles.